The van der Waals surface area contributed by atoms with E-state index in [-0.39, 0.29) is 5.91 Å². The Morgan fingerprint density at radius 2 is 2.40 bits per heavy atom. The van der Waals surface area contributed by atoms with Crippen LogP contribution in [0, 0.1) is 5.92 Å². The molecule has 1 aliphatic heterocycles. The van der Waals surface area contributed by atoms with Crippen molar-refractivity contribution in [2.24, 2.45) is 5.92 Å². The number of hydrogen-bond donors (Lipinski definition) is 1. The van der Waals surface area contributed by atoms with Gasteiger partial charge in [0.25, 0.3) is 5.91 Å². The monoisotopic (exact) mass is 292 g/mol. The molecule has 2 aromatic rings. The Hall–Kier alpha value is -1.52. The highest BCUT2D eigenvalue weighted by atomic mass is 35.5. The third kappa shape index (κ3) is 2.41. The van der Waals surface area contributed by atoms with E-state index in [1.54, 1.807) is 12.1 Å². The van der Waals surface area contributed by atoms with Gasteiger partial charge in [-0.2, -0.15) is 0 Å². The van der Waals surface area contributed by atoms with Gasteiger partial charge in [0.05, 0.1) is 5.02 Å². The zero-order chi connectivity index (χ0) is 14.1. The maximum Gasteiger partial charge on any atom is 0.289 e. The second-order valence-corrected chi connectivity index (χ2v) is 5.64. The van der Waals surface area contributed by atoms with Crippen molar-refractivity contribution < 1.29 is 9.21 Å². The van der Waals surface area contributed by atoms with E-state index in [9.17, 15) is 4.79 Å². The lowest BCUT2D eigenvalue weighted by Gasteiger charge is -2.14. The average molecular weight is 293 g/mol. The number of amides is 1. The maximum absolute atomic E-state index is 12.4. The Morgan fingerprint density at radius 3 is 3.15 bits per heavy atom. The average Bonchev–Trinajstić information content (AvgIpc) is 3.05. The number of furan rings is 1. The van der Waals surface area contributed by atoms with Crippen molar-refractivity contribution in [3.63, 3.8) is 0 Å². The van der Waals surface area contributed by atoms with Crippen molar-refractivity contribution >= 4 is 28.5 Å². The fraction of sp³-hybridized carbons (Fsp3) is 0.400. The summed E-state index contributed by atoms with van der Waals surface area (Å²) in [6.45, 7) is 2.51. The highest BCUT2D eigenvalue weighted by molar-refractivity contribution is 6.34. The van der Waals surface area contributed by atoms with Gasteiger partial charge in [-0.05, 0) is 38.1 Å². The second kappa shape index (κ2) is 5.46. The Labute approximate surface area is 122 Å². The van der Waals surface area contributed by atoms with Crippen LogP contribution in [0.25, 0.3) is 11.0 Å². The minimum atomic E-state index is -0.0455. The highest BCUT2D eigenvalue weighted by Gasteiger charge is 2.28. The van der Waals surface area contributed by atoms with E-state index in [1.165, 1.54) is 0 Å². The number of nitrogens with one attached hydrogen (secondary N) is 1. The van der Waals surface area contributed by atoms with Crippen molar-refractivity contribution in [3.8, 4) is 0 Å². The number of benzene rings is 1. The van der Waals surface area contributed by atoms with Crippen LogP contribution in [0.15, 0.2) is 28.7 Å². The zero-order valence-electron chi connectivity index (χ0n) is 11.4. The molecule has 5 heteroatoms. The summed E-state index contributed by atoms with van der Waals surface area (Å²) < 4.78 is 5.63. The molecule has 1 aromatic carbocycles. The van der Waals surface area contributed by atoms with Crippen molar-refractivity contribution in [2.45, 2.75) is 6.42 Å². The smallest absolute Gasteiger partial charge is 0.289 e. The van der Waals surface area contributed by atoms with E-state index in [2.05, 4.69) is 5.32 Å². The lowest BCUT2D eigenvalue weighted by Crippen LogP contribution is -2.30. The third-order valence-electron chi connectivity index (χ3n) is 3.77. The summed E-state index contributed by atoms with van der Waals surface area (Å²) in [5.41, 5.74) is 0.587. The van der Waals surface area contributed by atoms with Crippen LogP contribution in [-0.2, 0) is 0 Å². The third-order valence-corrected chi connectivity index (χ3v) is 4.07. The molecule has 2 heterocycles. The number of halogens is 1. The summed E-state index contributed by atoms with van der Waals surface area (Å²) in [5.74, 6) is 0.853. The minimum Gasteiger partial charge on any atom is -0.449 e. The number of carbonyl (C=O) groups excluding carboxylic acids is 1. The molecule has 1 aromatic heterocycles. The number of fused-ring (bicyclic) bond motifs is 1. The van der Waals surface area contributed by atoms with Crippen molar-refractivity contribution in [1.82, 2.24) is 10.2 Å². The number of likely N-dealkylation sites (tertiary alicyclic amines) is 1. The number of para-hydroxylation sites is 1. The molecular formula is C15H17ClN2O2. The van der Waals surface area contributed by atoms with Crippen molar-refractivity contribution in [1.29, 1.82) is 0 Å². The van der Waals surface area contributed by atoms with Crippen LogP contribution < -0.4 is 5.32 Å². The molecule has 1 amide bonds. The Morgan fingerprint density at radius 1 is 1.55 bits per heavy atom. The molecule has 1 aliphatic rings. The molecule has 1 saturated heterocycles. The van der Waals surface area contributed by atoms with Crippen molar-refractivity contribution in [2.75, 3.05) is 26.7 Å². The van der Waals surface area contributed by atoms with Crippen LogP contribution in [0.4, 0.5) is 0 Å². The molecule has 1 N–H and O–H groups in total. The molecule has 0 unspecified atom stereocenters. The van der Waals surface area contributed by atoms with Gasteiger partial charge in [-0.3, -0.25) is 4.79 Å². The molecule has 0 radical (unpaired) electrons. The molecule has 0 spiro atoms. The van der Waals surface area contributed by atoms with Crippen LogP contribution in [0.1, 0.15) is 17.0 Å². The first-order valence-electron chi connectivity index (χ1n) is 6.81. The van der Waals surface area contributed by atoms with Crippen LogP contribution in [0.2, 0.25) is 5.02 Å². The number of rotatable bonds is 3. The summed E-state index contributed by atoms with van der Waals surface area (Å²) in [4.78, 5) is 14.3. The number of carbonyl (C=O) groups is 1. The van der Waals surface area contributed by atoms with Gasteiger partial charge in [-0.15, -0.1) is 0 Å². The summed E-state index contributed by atoms with van der Waals surface area (Å²) >= 11 is 6.07. The second-order valence-electron chi connectivity index (χ2n) is 5.23. The lowest BCUT2D eigenvalue weighted by molar-refractivity contribution is 0.0758. The first kappa shape index (κ1) is 13.5. The van der Waals surface area contributed by atoms with E-state index in [0.717, 1.165) is 31.4 Å². The fourth-order valence-electron chi connectivity index (χ4n) is 2.76. The summed E-state index contributed by atoms with van der Waals surface area (Å²) in [6.07, 6.45) is 1.04. The Bertz CT molecular complexity index is 638. The summed E-state index contributed by atoms with van der Waals surface area (Å²) in [5, 5.41) is 4.56. The van der Waals surface area contributed by atoms with Gasteiger partial charge in [-0.1, -0.05) is 23.7 Å². The molecule has 0 bridgehead atoms. The first-order valence-corrected chi connectivity index (χ1v) is 7.19. The van der Waals surface area contributed by atoms with E-state index in [1.807, 2.05) is 24.1 Å². The van der Waals surface area contributed by atoms with E-state index in [4.69, 9.17) is 16.0 Å². The summed E-state index contributed by atoms with van der Waals surface area (Å²) in [6, 6.07) is 7.29. The van der Waals surface area contributed by atoms with Gasteiger partial charge in [0, 0.05) is 18.5 Å². The van der Waals surface area contributed by atoms with Gasteiger partial charge in [0.15, 0.2) is 11.3 Å². The van der Waals surface area contributed by atoms with E-state index in [0.29, 0.717) is 22.3 Å². The molecule has 4 nitrogen and oxygen atoms in total. The highest BCUT2D eigenvalue weighted by Crippen LogP contribution is 2.28. The molecule has 106 valence electrons. The van der Waals surface area contributed by atoms with Gasteiger partial charge >= 0.3 is 0 Å². The summed E-state index contributed by atoms with van der Waals surface area (Å²) in [7, 11) is 1.94. The molecule has 0 aliphatic carbocycles. The topological polar surface area (TPSA) is 45.5 Å². The fourth-order valence-corrected chi connectivity index (χ4v) is 2.98. The largest absolute Gasteiger partial charge is 0.449 e. The van der Waals surface area contributed by atoms with Crippen LogP contribution in [0.5, 0.6) is 0 Å². The van der Waals surface area contributed by atoms with Gasteiger partial charge < -0.3 is 14.6 Å². The Balaban J connectivity index is 1.81. The van der Waals surface area contributed by atoms with Crippen LogP contribution in [0.3, 0.4) is 0 Å². The predicted molar refractivity (Wildman–Crippen MR) is 79.2 cm³/mol. The molecule has 1 atom stereocenters. The van der Waals surface area contributed by atoms with Gasteiger partial charge in [0.1, 0.15) is 0 Å². The molecule has 0 saturated carbocycles. The number of nitrogens with zero attached hydrogens (tertiary/aromatic N) is 1. The molecular weight excluding hydrogens is 276 g/mol. The van der Waals surface area contributed by atoms with Crippen LogP contribution in [-0.4, -0.2) is 37.5 Å². The van der Waals surface area contributed by atoms with Gasteiger partial charge in [0.2, 0.25) is 0 Å². The SMILES string of the molecule is CNC[C@H]1CCN(C(=O)c2cc3cccc(Cl)c3o2)C1. The quantitative estimate of drug-likeness (QED) is 0.946. The molecule has 20 heavy (non-hydrogen) atoms. The number of hydrogen-bond acceptors (Lipinski definition) is 3. The van der Waals surface area contributed by atoms with Gasteiger partial charge in [-0.25, -0.2) is 0 Å². The van der Waals surface area contributed by atoms with Crippen LogP contribution >= 0.6 is 11.6 Å². The Kier molecular flexibility index (Phi) is 3.68. The van der Waals surface area contributed by atoms with E-state index < -0.39 is 0 Å². The maximum atomic E-state index is 12.4. The molecule has 1 fully saturated rings. The minimum absolute atomic E-state index is 0.0455. The normalized spacial score (nSPS) is 18.9. The van der Waals surface area contributed by atoms with E-state index >= 15 is 0 Å². The lowest BCUT2D eigenvalue weighted by atomic mass is 10.1. The molecule has 3 rings (SSSR count). The van der Waals surface area contributed by atoms with Crippen molar-refractivity contribution in [3.05, 3.63) is 35.0 Å². The first-order chi connectivity index (χ1) is 9.69. The zero-order valence-corrected chi connectivity index (χ0v) is 12.1. The predicted octanol–water partition coefficient (Wildman–Crippen LogP) is 2.77. The standard InChI is InChI=1S/C15H17ClN2O2/c1-17-8-10-5-6-18(9-10)15(19)13-7-11-3-2-4-12(16)14(11)20-13/h2-4,7,10,17H,5-6,8-9H2,1H3/t10-/m1/s1.